The van der Waals surface area contributed by atoms with E-state index in [4.69, 9.17) is 11.6 Å². The number of rotatable bonds is 6. The molecule has 0 amide bonds. The van der Waals surface area contributed by atoms with Gasteiger partial charge >= 0.3 is 0 Å². The van der Waals surface area contributed by atoms with Crippen LogP contribution in [0, 0.1) is 19.7 Å². The third kappa shape index (κ3) is 5.01. The monoisotopic (exact) mass is 484 g/mol. The molecule has 2 aromatic heterocycles. The molecule has 180 valence electrons. The van der Waals surface area contributed by atoms with E-state index in [9.17, 15) is 0 Å². The lowest BCUT2D eigenvalue weighted by atomic mass is 9.86. The van der Waals surface area contributed by atoms with Crippen LogP contribution in [0.1, 0.15) is 42.0 Å². The molecule has 2 aliphatic rings. The molecule has 2 saturated heterocycles. The van der Waals surface area contributed by atoms with Crippen LogP contribution in [-0.2, 0) is 0 Å². The van der Waals surface area contributed by atoms with E-state index >= 15 is 4.39 Å². The van der Waals surface area contributed by atoms with Gasteiger partial charge in [-0.25, -0.2) is 9.37 Å². The van der Waals surface area contributed by atoms with Crippen LogP contribution in [-0.4, -0.2) is 57.3 Å². The molecule has 0 saturated carbocycles. The van der Waals surface area contributed by atoms with Gasteiger partial charge in [0.2, 0.25) is 5.95 Å². The first-order valence-corrected chi connectivity index (χ1v) is 12.2. The Hall–Kier alpha value is -2.75. The quantitative estimate of drug-likeness (QED) is 0.405. The number of hydrogen-bond donors (Lipinski definition) is 4. The van der Waals surface area contributed by atoms with Crippen molar-refractivity contribution < 1.29 is 4.39 Å². The van der Waals surface area contributed by atoms with Crippen LogP contribution in [0.4, 0.5) is 27.7 Å². The highest BCUT2D eigenvalue weighted by atomic mass is 35.5. The molecule has 0 spiro atoms. The van der Waals surface area contributed by atoms with Crippen molar-refractivity contribution in [3.05, 3.63) is 52.1 Å². The molecule has 2 aliphatic heterocycles. The van der Waals surface area contributed by atoms with Crippen molar-refractivity contribution in [2.45, 2.75) is 45.1 Å². The van der Waals surface area contributed by atoms with Crippen LogP contribution in [0.3, 0.4) is 0 Å². The molecule has 3 aromatic rings. The fraction of sp³-hybridized carbons (Fsp3) is 0.458. The number of H-pyrrole nitrogens is 1. The van der Waals surface area contributed by atoms with Gasteiger partial charge < -0.3 is 16.0 Å². The molecule has 4 heterocycles. The summed E-state index contributed by atoms with van der Waals surface area (Å²) in [7, 11) is 0. The van der Waals surface area contributed by atoms with Gasteiger partial charge in [0.1, 0.15) is 10.8 Å². The van der Waals surface area contributed by atoms with Gasteiger partial charge in [-0.3, -0.25) is 10.00 Å². The fourth-order valence-electron chi connectivity index (χ4n) is 5.00. The van der Waals surface area contributed by atoms with Crippen LogP contribution in [0.15, 0.2) is 24.4 Å². The van der Waals surface area contributed by atoms with E-state index in [1.807, 2.05) is 26.0 Å². The molecule has 1 unspecified atom stereocenters. The van der Waals surface area contributed by atoms with Gasteiger partial charge in [-0.05, 0) is 81.9 Å². The maximum atomic E-state index is 15.1. The molecular formula is C24H30ClFN8. The van der Waals surface area contributed by atoms with Crippen molar-refractivity contribution in [1.82, 2.24) is 30.4 Å². The zero-order valence-corrected chi connectivity index (χ0v) is 20.2. The van der Waals surface area contributed by atoms with Gasteiger partial charge in [0.25, 0.3) is 0 Å². The summed E-state index contributed by atoms with van der Waals surface area (Å²) < 4.78 is 15.1. The maximum absolute atomic E-state index is 15.1. The van der Waals surface area contributed by atoms with Crippen LogP contribution >= 0.6 is 11.6 Å². The minimum absolute atomic E-state index is 0.253. The number of nitrogens with zero attached hydrogens (tertiary/aromatic N) is 4. The Morgan fingerprint density at radius 1 is 1.12 bits per heavy atom. The molecule has 1 atom stereocenters. The Balaban J connectivity index is 1.28. The molecule has 34 heavy (non-hydrogen) atoms. The normalized spacial score (nSPS) is 19.5. The predicted octanol–water partition coefficient (Wildman–Crippen LogP) is 4.64. The van der Waals surface area contributed by atoms with E-state index in [0.717, 1.165) is 55.8 Å². The molecule has 0 aliphatic carbocycles. The number of hydrogen-bond acceptors (Lipinski definition) is 7. The Morgan fingerprint density at radius 3 is 2.65 bits per heavy atom. The number of benzene rings is 1. The first kappa shape index (κ1) is 23.0. The summed E-state index contributed by atoms with van der Waals surface area (Å²) in [5.41, 5.74) is 3.43. The second kappa shape index (κ2) is 9.85. The van der Waals surface area contributed by atoms with E-state index in [-0.39, 0.29) is 11.8 Å². The number of aryl methyl sites for hydroxylation is 2. The van der Waals surface area contributed by atoms with E-state index in [1.165, 1.54) is 12.6 Å². The van der Waals surface area contributed by atoms with Gasteiger partial charge in [0, 0.05) is 24.3 Å². The van der Waals surface area contributed by atoms with Crippen molar-refractivity contribution in [3.8, 4) is 0 Å². The number of aromatic nitrogens is 4. The minimum Gasteiger partial charge on any atom is -0.322 e. The maximum Gasteiger partial charge on any atom is 0.229 e. The highest BCUT2D eigenvalue weighted by Crippen LogP contribution is 2.34. The summed E-state index contributed by atoms with van der Waals surface area (Å²) in [6, 6.07) is 6.01. The molecule has 5 rings (SSSR count). The van der Waals surface area contributed by atoms with Crippen molar-refractivity contribution >= 4 is 34.9 Å². The second-order valence-electron chi connectivity index (χ2n) is 9.22. The van der Waals surface area contributed by atoms with E-state index in [0.29, 0.717) is 34.3 Å². The highest BCUT2D eigenvalue weighted by molar-refractivity contribution is 6.32. The number of nitrogens with one attached hydrogen (secondary N) is 4. The third-order valence-electron chi connectivity index (χ3n) is 6.82. The number of likely N-dealkylation sites (tertiary alicyclic amines) is 1. The summed E-state index contributed by atoms with van der Waals surface area (Å²) in [6.07, 6.45) is 4.83. The number of anilines is 4. The smallest absolute Gasteiger partial charge is 0.229 e. The number of piperidine rings is 1. The number of halogens is 2. The zero-order chi connectivity index (χ0) is 23.7. The van der Waals surface area contributed by atoms with Crippen molar-refractivity contribution in [1.29, 1.82) is 0 Å². The predicted molar refractivity (Wildman–Crippen MR) is 133 cm³/mol. The van der Waals surface area contributed by atoms with E-state index < -0.39 is 0 Å². The molecule has 1 aromatic carbocycles. The molecule has 10 heteroatoms. The van der Waals surface area contributed by atoms with Gasteiger partial charge in [-0.1, -0.05) is 11.6 Å². The Kier molecular flexibility index (Phi) is 6.67. The summed E-state index contributed by atoms with van der Waals surface area (Å²) in [6.45, 7) is 8.29. The van der Waals surface area contributed by atoms with Gasteiger partial charge in [0.05, 0.1) is 11.9 Å². The molecule has 2 fully saturated rings. The van der Waals surface area contributed by atoms with Crippen molar-refractivity contribution in [2.75, 3.05) is 36.8 Å². The summed E-state index contributed by atoms with van der Waals surface area (Å²) in [4.78, 5) is 11.2. The SMILES string of the molecule is Cc1cc(Nc2nc(Nc3cc(C)c(C4CCN(C5CCNC5)CC4)cc3F)ncc2Cl)n[nH]1. The first-order chi connectivity index (χ1) is 16.5. The van der Waals surface area contributed by atoms with E-state index in [1.54, 1.807) is 6.07 Å². The second-order valence-corrected chi connectivity index (χ2v) is 9.63. The topological polar surface area (TPSA) is 93.8 Å². The molecule has 0 bridgehead atoms. The average molecular weight is 485 g/mol. The standard InChI is InChI=1S/C24H30ClFN8/c1-14-9-21(29-24-28-13-19(25)23(31-24)30-22-10-15(2)32-33-22)20(26)11-18(14)16-4-7-34(8-5-16)17-3-6-27-12-17/h9-11,13,16-17,27H,3-8,12H2,1-2H3,(H3,28,29,30,31,32,33). The highest BCUT2D eigenvalue weighted by Gasteiger charge is 2.28. The largest absolute Gasteiger partial charge is 0.322 e. The number of aromatic amines is 1. The summed E-state index contributed by atoms with van der Waals surface area (Å²) in [5.74, 6) is 1.31. The van der Waals surface area contributed by atoms with E-state index in [2.05, 4.69) is 41.0 Å². The lowest BCUT2D eigenvalue weighted by molar-refractivity contribution is 0.161. The Morgan fingerprint density at radius 2 is 1.94 bits per heavy atom. The molecule has 8 nitrogen and oxygen atoms in total. The van der Waals surface area contributed by atoms with Crippen LogP contribution in [0.5, 0.6) is 0 Å². The lowest BCUT2D eigenvalue weighted by Gasteiger charge is -2.36. The summed E-state index contributed by atoms with van der Waals surface area (Å²) in [5, 5.41) is 16.8. The molecule has 4 N–H and O–H groups in total. The van der Waals surface area contributed by atoms with Crippen LogP contribution in [0.2, 0.25) is 5.02 Å². The average Bonchev–Trinajstić information content (AvgIpc) is 3.50. The van der Waals surface area contributed by atoms with Gasteiger partial charge in [-0.15, -0.1) is 0 Å². The lowest BCUT2D eigenvalue weighted by Crippen LogP contribution is -2.42. The first-order valence-electron chi connectivity index (χ1n) is 11.8. The van der Waals surface area contributed by atoms with Crippen LogP contribution in [0.25, 0.3) is 0 Å². The Bertz CT molecular complexity index is 1150. The van der Waals surface area contributed by atoms with Gasteiger partial charge in [0.15, 0.2) is 11.6 Å². The Labute approximate surface area is 203 Å². The van der Waals surface area contributed by atoms with Crippen molar-refractivity contribution in [2.24, 2.45) is 0 Å². The fourth-order valence-corrected chi connectivity index (χ4v) is 5.14. The van der Waals surface area contributed by atoms with Crippen molar-refractivity contribution in [3.63, 3.8) is 0 Å². The molecule has 0 radical (unpaired) electrons. The molecular weight excluding hydrogens is 455 g/mol. The van der Waals surface area contributed by atoms with Gasteiger partial charge in [-0.2, -0.15) is 10.1 Å². The van der Waals surface area contributed by atoms with Crippen LogP contribution < -0.4 is 16.0 Å². The minimum atomic E-state index is -0.306. The zero-order valence-electron chi connectivity index (χ0n) is 19.5. The summed E-state index contributed by atoms with van der Waals surface area (Å²) >= 11 is 6.24. The third-order valence-corrected chi connectivity index (χ3v) is 7.10.